The van der Waals surface area contributed by atoms with Crippen LogP contribution in [0, 0.1) is 12.8 Å². The first-order valence-electron chi connectivity index (χ1n) is 9.23. The van der Waals surface area contributed by atoms with Crippen LogP contribution in [0.1, 0.15) is 41.0 Å². The van der Waals surface area contributed by atoms with Gasteiger partial charge in [-0.15, -0.1) is 0 Å². The van der Waals surface area contributed by atoms with Crippen LogP contribution in [0.5, 0.6) is 0 Å². The highest BCUT2D eigenvalue weighted by molar-refractivity contribution is 6.30. The summed E-state index contributed by atoms with van der Waals surface area (Å²) >= 11 is 5.92. The van der Waals surface area contributed by atoms with E-state index in [9.17, 15) is 15.3 Å². The normalized spacial score (nSPS) is 29.2. The highest BCUT2D eigenvalue weighted by Gasteiger charge is 2.46. The van der Waals surface area contributed by atoms with Gasteiger partial charge >= 0.3 is 0 Å². The molecule has 5 atom stereocenters. The molecule has 0 radical (unpaired) electrons. The molecular formula is C20H23ClN4O3. The summed E-state index contributed by atoms with van der Waals surface area (Å²) < 4.78 is 1.98. The van der Waals surface area contributed by atoms with Gasteiger partial charge in [-0.25, -0.2) is 4.99 Å². The van der Waals surface area contributed by atoms with Crippen molar-refractivity contribution in [2.75, 3.05) is 0 Å². The van der Waals surface area contributed by atoms with E-state index in [1.54, 1.807) is 30.5 Å². The largest absolute Gasteiger partial charge is 0.390 e. The van der Waals surface area contributed by atoms with Gasteiger partial charge in [-0.05, 0) is 36.6 Å². The number of aromatic nitrogens is 1. The average molecular weight is 403 g/mol. The molecule has 1 fully saturated rings. The minimum atomic E-state index is -1.05. The molecule has 5 N–H and O–H groups in total. The lowest BCUT2D eigenvalue weighted by atomic mass is 9.92. The number of aliphatic hydroxyl groups is 3. The van der Waals surface area contributed by atoms with Crippen molar-refractivity contribution in [3.05, 3.63) is 57.9 Å². The average Bonchev–Trinajstić information content (AvgIpc) is 3.19. The van der Waals surface area contributed by atoms with Gasteiger partial charge in [0.2, 0.25) is 0 Å². The summed E-state index contributed by atoms with van der Waals surface area (Å²) in [4.78, 5) is 4.24. The number of aliphatic hydroxyl groups excluding tert-OH is 3. The van der Waals surface area contributed by atoms with E-state index in [4.69, 9.17) is 17.4 Å². The first kappa shape index (κ1) is 19.1. The molecule has 0 bridgehead atoms. The number of hydrogen-bond donors (Lipinski definition) is 4. The van der Waals surface area contributed by atoms with Crippen molar-refractivity contribution >= 4 is 23.7 Å². The predicted molar refractivity (Wildman–Crippen MR) is 108 cm³/mol. The lowest BCUT2D eigenvalue weighted by Crippen LogP contribution is -2.32. The third-order valence-corrected chi connectivity index (χ3v) is 6.09. The molecule has 0 spiro atoms. The third-order valence-electron chi connectivity index (χ3n) is 5.84. The molecule has 2 heterocycles. The molecule has 28 heavy (non-hydrogen) atoms. The number of aryl methyl sites for hydroxylation is 1. The van der Waals surface area contributed by atoms with Gasteiger partial charge in [0, 0.05) is 41.0 Å². The first-order valence-corrected chi connectivity index (χ1v) is 9.61. The number of nitrogens with two attached hydrogens (primary N) is 1. The van der Waals surface area contributed by atoms with Crippen LogP contribution in [-0.4, -0.2) is 44.1 Å². The maximum atomic E-state index is 10.8. The molecule has 2 aromatic rings. The van der Waals surface area contributed by atoms with Crippen molar-refractivity contribution in [2.24, 2.45) is 21.9 Å². The van der Waals surface area contributed by atoms with Gasteiger partial charge in [-0.2, -0.15) is 5.10 Å². The van der Waals surface area contributed by atoms with Crippen molar-refractivity contribution < 1.29 is 15.3 Å². The van der Waals surface area contributed by atoms with Crippen LogP contribution in [0.2, 0.25) is 5.02 Å². The quantitative estimate of drug-likeness (QED) is 0.462. The Morgan fingerprint density at radius 2 is 1.96 bits per heavy atom. The summed E-state index contributed by atoms with van der Waals surface area (Å²) in [7, 11) is 0. The Kier molecular flexibility index (Phi) is 5.01. The van der Waals surface area contributed by atoms with E-state index in [0.717, 1.165) is 16.8 Å². The van der Waals surface area contributed by atoms with Gasteiger partial charge in [0.1, 0.15) is 6.10 Å². The SMILES string of the molecule is Cc1cn([C@@H]2C[C@H]([C@H](O)c3ccc(Cl)cc3)[C@@H](O)[C@H]2O)c2c1/C(=N\N)N=CC2. The summed E-state index contributed by atoms with van der Waals surface area (Å²) in [5.41, 5.74) is 3.44. The third kappa shape index (κ3) is 3.04. The molecule has 7 nitrogen and oxygen atoms in total. The van der Waals surface area contributed by atoms with E-state index < -0.39 is 24.2 Å². The number of nitrogens with zero attached hydrogens (tertiary/aromatic N) is 3. The molecule has 4 rings (SSSR count). The topological polar surface area (TPSA) is 116 Å². The predicted octanol–water partition coefficient (Wildman–Crippen LogP) is 1.71. The summed E-state index contributed by atoms with van der Waals surface area (Å²) in [6, 6.07) is 6.51. The van der Waals surface area contributed by atoms with Crippen LogP contribution in [0.3, 0.4) is 0 Å². The maximum Gasteiger partial charge on any atom is 0.180 e. The summed E-state index contributed by atoms with van der Waals surface area (Å²) in [6.07, 6.45) is 1.74. The van der Waals surface area contributed by atoms with Gasteiger partial charge < -0.3 is 25.7 Å². The van der Waals surface area contributed by atoms with Crippen LogP contribution < -0.4 is 5.84 Å². The zero-order valence-electron chi connectivity index (χ0n) is 15.4. The second-order valence-electron chi connectivity index (χ2n) is 7.45. The van der Waals surface area contributed by atoms with Gasteiger partial charge in [0.05, 0.1) is 18.2 Å². The van der Waals surface area contributed by atoms with Crippen molar-refractivity contribution in [3.63, 3.8) is 0 Å². The molecule has 2 aliphatic rings. The molecule has 148 valence electrons. The number of fused-ring (bicyclic) bond motifs is 1. The number of hydrogen-bond acceptors (Lipinski definition) is 5. The molecule has 0 unspecified atom stereocenters. The Labute approximate surface area is 167 Å². The molecule has 1 aromatic heterocycles. The second kappa shape index (κ2) is 7.33. The molecular weight excluding hydrogens is 380 g/mol. The van der Waals surface area contributed by atoms with Crippen LogP contribution in [0.15, 0.2) is 40.6 Å². The minimum absolute atomic E-state index is 0.366. The van der Waals surface area contributed by atoms with Crippen molar-refractivity contribution in [1.82, 2.24) is 4.57 Å². The molecule has 8 heteroatoms. The van der Waals surface area contributed by atoms with E-state index >= 15 is 0 Å². The molecule has 1 aliphatic carbocycles. The molecule has 0 amide bonds. The Balaban J connectivity index is 1.65. The Morgan fingerprint density at radius 1 is 1.25 bits per heavy atom. The van der Waals surface area contributed by atoms with Crippen LogP contribution in [0.25, 0.3) is 0 Å². The standard InChI is InChI=1S/C20H23ClN4O3/c1-10-9-25(14-6-7-23-20(24-22)16(10)14)15-8-13(18(27)19(15)28)17(26)11-2-4-12(21)5-3-11/h2-5,7,9,13,15,17-19,26-28H,6,8,22H2,1H3/b24-20+/t13-,15-,17-,18-,19+/m1/s1. The molecule has 1 aliphatic heterocycles. The fourth-order valence-corrected chi connectivity index (χ4v) is 4.56. The van der Waals surface area contributed by atoms with Crippen LogP contribution >= 0.6 is 11.6 Å². The van der Waals surface area contributed by atoms with Gasteiger partial charge in [0.25, 0.3) is 0 Å². The van der Waals surface area contributed by atoms with Crippen molar-refractivity contribution in [2.45, 2.75) is 44.1 Å². The van der Waals surface area contributed by atoms with E-state index in [-0.39, 0.29) is 6.04 Å². The first-order chi connectivity index (χ1) is 13.4. The maximum absolute atomic E-state index is 10.8. The number of benzene rings is 1. The van der Waals surface area contributed by atoms with E-state index in [2.05, 4.69) is 10.1 Å². The Hall–Kier alpha value is -2.19. The zero-order valence-corrected chi connectivity index (χ0v) is 16.2. The van der Waals surface area contributed by atoms with Crippen molar-refractivity contribution in [1.29, 1.82) is 0 Å². The molecule has 0 saturated heterocycles. The van der Waals surface area contributed by atoms with Gasteiger partial charge in [-0.3, -0.25) is 0 Å². The Bertz CT molecular complexity index is 938. The lowest BCUT2D eigenvalue weighted by molar-refractivity contribution is -0.0267. The van der Waals surface area contributed by atoms with Gasteiger partial charge in [0.15, 0.2) is 5.84 Å². The van der Waals surface area contributed by atoms with Crippen LogP contribution in [-0.2, 0) is 6.42 Å². The second-order valence-corrected chi connectivity index (χ2v) is 7.89. The van der Waals surface area contributed by atoms with E-state index in [1.165, 1.54) is 0 Å². The molecule has 1 saturated carbocycles. The van der Waals surface area contributed by atoms with Crippen molar-refractivity contribution in [3.8, 4) is 0 Å². The number of rotatable bonds is 3. The minimum Gasteiger partial charge on any atom is -0.390 e. The van der Waals surface area contributed by atoms with E-state index in [1.807, 2.05) is 17.7 Å². The fourth-order valence-electron chi connectivity index (χ4n) is 4.44. The number of halogens is 1. The monoisotopic (exact) mass is 402 g/mol. The summed E-state index contributed by atoms with van der Waals surface area (Å²) in [6.45, 7) is 1.94. The fraction of sp³-hybridized carbons (Fsp3) is 0.400. The van der Waals surface area contributed by atoms with E-state index in [0.29, 0.717) is 29.3 Å². The zero-order chi connectivity index (χ0) is 20.0. The highest BCUT2D eigenvalue weighted by atomic mass is 35.5. The number of amidine groups is 1. The summed E-state index contributed by atoms with van der Waals surface area (Å²) in [5, 5.41) is 36.6. The Morgan fingerprint density at radius 3 is 2.64 bits per heavy atom. The number of hydrazone groups is 1. The van der Waals surface area contributed by atoms with Crippen LogP contribution in [0.4, 0.5) is 0 Å². The number of aliphatic imine (C=N–C) groups is 1. The highest BCUT2D eigenvalue weighted by Crippen LogP contribution is 2.43. The smallest absolute Gasteiger partial charge is 0.180 e. The van der Waals surface area contributed by atoms with Gasteiger partial charge in [-0.1, -0.05) is 23.7 Å². The molecule has 1 aromatic carbocycles. The summed E-state index contributed by atoms with van der Waals surface area (Å²) in [5.74, 6) is 5.43. The lowest BCUT2D eigenvalue weighted by Gasteiger charge is -2.22.